The molecule has 0 aliphatic rings. The minimum atomic E-state index is -0.652. The normalized spacial score (nSPS) is 10.4. The Bertz CT molecular complexity index is 229. The quantitative estimate of drug-likeness (QED) is 0.243. The van der Waals surface area contributed by atoms with Gasteiger partial charge in [0.05, 0.1) is 0 Å². The molecular formula is C19H40MgO2. The standard InChI is InChI=1S/C19H38O2.Mg.2H/c1-2-3-4-5-6-7-8-9-10-11-12-13-14-15-16-17-18-19(20)21;;;/h2-18H2,1H3,(H,20,21);;;/q;+2;2*-1. The molecule has 0 aromatic carbocycles. The van der Waals surface area contributed by atoms with E-state index in [9.17, 15) is 4.79 Å². The molecule has 0 bridgehead atoms. The molecule has 0 saturated heterocycles. The second-order valence-electron chi connectivity index (χ2n) is 6.45. The van der Waals surface area contributed by atoms with Crippen molar-refractivity contribution in [1.29, 1.82) is 0 Å². The third kappa shape index (κ3) is 22.5. The first-order valence-electron chi connectivity index (χ1n) is 9.49. The Morgan fingerprint density at radius 1 is 0.636 bits per heavy atom. The number of aliphatic carboxylic acids is 1. The SMILES string of the molecule is CCCCCCCCCCCCCCCCCCC(=O)O.[H-].[H-].[Mg+2]. The molecule has 0 atom stereocenters. The largest absolute Gasteiger partial charge is 2.00 e. The van der Waals surface area contributed by atoms with Crippen LogP contribution in [0.4, 0.5) is 0 Å². The second kappa shape index (κ2) is 21.2. The monoisotopic (exact) mass is 324 g/mol. The maximum atomic E-state index is 10.3. The first kappa shape index (κ1) is 24.5. The number of carboxylic acids is 1. The van der Waals surface area contributed by atoms with Crippen LogP contribution in [0.3, 0.4) is 0 Å². The number of hydrogen-bond donors (Lipinski definition) is 1. The Balaban J connectivity index is -0.000000667. The van der Waals surface area contributed by atoms with E-state index in [1.54, 1.807) is 0 Å². The molecule has 0 rings (SSSR count). The molecule has 0 aliphatic heterocycles. The smallest absolute Gasteiger partial charge is 1.00 e. The van der Waals surface area contributed by atoms with Crippen LogP contribution in [0.1, 0.15) is 119 Å². The van der Waals surface area contributed by atoms with E-state index < -0.39 is 5.97 Å². The van der Waals surface area contributed by atoms with Crippen molar-refractivity contribution in [3.63, 3.8) is 0 Å². The van der Waals surface area contributed by atoms with Crippen LogP contribution in [0.5, 0.6) is 0 Å². The summed E-state index contributed by atoms with van der Waals surface area (Å²) >= 11 is 0. The second-order valence-corrected chi connectivity index (χ2v) is 6.45. The van der Waals surface area contributed by atoms with Crippen LogP contribution in [-0.4, -0.2) is 34.1 Å². The van der Waals surface area contributed by atoms with Crippen molar-refractivity contribution in [2.24, 2.45) is 0 Å². The van der Waals surface area contributed by atoms with Gasteiger partial charge < -0.3 is 7.96 Å². The molecule has 22 heavy (non-hydrogen) atoms. The van der Waals surface area contributed by atoms with Gasteiger partial charge in [-0.1, -0.05) is 103 Å². The number of hydrogen-bond acceptors (Lipinski definition) is 1. The van der Waals surface area contributed by atoms with Crippen LogP contribution >= 0.6 is 0 Å². The topological polar surface area (TPSA) is 37.3 Å². The first-order valence-corrected chi connectivity index (χ1v) is 9.49. The Morgan fingerprint density at radius 2 is 0.909 bits per heavy atom. The van der Waals surface area contributed by atoms with Gasteiger partial charge in [-0.25, -0.2) is 0 Å². The fraction of sp³-hybridized carbons (Fsp3) is 0.947. The molecule has 0 unspecified atom stereocenters. The van der Waals surface area contributed by atoms with Crippen molar-refractivity contribution >= 4 is 29.0 Å². The molecule has 0 heterocycles. The van der Waals surface area contributed by atoms with E-state index in [2.05, 4.69) is 6.92 Å². The van der Waals surface area contributed by atoms with Crippen LogP contribution < -0.4 is 0 Å². The Labute approximate surface area is 158 Å². The summed E-state index contributed by atoms with van der Waals surface area (Å²) in [6.07, 6.45) is 21.7. The van der Waals surface area contributed by atoms with E-state index >= 15 is 0 Å². The van der Waals surface area contributed by atoms with Crippen molar-refractivity contribution in [2.75, 3.05) is 0 Å². The van der Waals surface area contributed by atoms with Crippen LogP contribution in [0.2, 0.25) is 0 Å². The summed E-state index contributed by atoms with van der Waals surface area (Å²) < 4.78 is 0. The van der Waals surface area contributed by atoms with Gasteiger partial charge in [-0.3, -0.25) is 4.79 Å². The van der Waals surface area contributed by atoms with Crippen LogP contribution in [0.15, 0.2) is 0 Å². The molecule has 2 nitrogen and oxygen atoms in total. The van der Waals surface area contributed by atoms with Crippen molar-refractivity contribution in [3.8, 4) is 0 Å². The number of carbonyl (C=O) groups is 1. The maximum Gasteiger partial charge on any atom is 2.00 e. The van der Waals surface area contributed by atoms with Gasteiger partial charge in [0.15, 0.2) is 0 Å². The summed E-state index contributed by atoms with van der Waals surface area (Å²) in [4.78, 5) is 10.3. The number of rotatable bonds is 17. The molecule has 3 heteroatoms. The summed E-state index contributed by atoms with van der Waals surface area (Å²) in [6, 6.07) is 0. The number of carboxylic acid groups (broad SMARTS) is 1. The van der Waals surface area contributed by atoms with Crippen LogP contribution in [0, 0.1) is 0 Å². The minimum absolute atomic E-state index is 0. The molecule has 1 N–H and O–H groups in total. The van der Waals surface area contributed by atoms with Gasteiger partial charge in [0.1, 0.15) is 0 Å². The Kier molecular flexibility index (Phi) is 23.6. The van der Waals surface area contributed by atoms with E-state index in [4.69, 9.17) is 5.11 Å². The predicted molar refractivity (Wildman–Crippen MR) is 99.8 cm³/mol. The van der Waals surface area contributed by atoms with Crippen molar-refractivity contribution in [1.82, 2.24) is 0 Å². The van der Waals surface area contributed by atoms with Crippen molar-refractivity contribution < 1.29 is 12.8 Å². The zero-order valence-electron chi connectivity index (χ0n) is 17.1. The van der Waals surface area contributed by atoms with Gasteiger partial charge in [-0.15, -0.1) is 0 Å². The molecule has 0 aromatic rings. The zero-order chi connectivity index (χ0) is 15.6. The number of unbranched alkanes of at least 4 members (excludes halogenated alkanes) is 15. The molecule has 130 valence electrons. The van der Waals surface area contributed by atoms with Crippen LogP contribution in [-0.2, 0) is 4.79 Å². The van der Waals surface area contributed by atoms with E-state index in [0.717, 1.165) is 12.8 Å². The van der Waals surface area contributed by atoms with Gasteiger partial charge in [-0.05, 0) is 6.42 Å². The summed E-state index contributed by atoms with van der Waals surface area (Å²) in [6.45, 7) is 2.27. The van der Waals surface area contributed by atoms with Gasteiger partial charge in [-0.2, -0.15) is 0 Å². The van der Waals surface area contributed by atoms with E-state index in [1.807, 2.05) is 0 Å². The third-order valence-corrected chi connectivity index (χ3v) is 4.24. The minimum Gasteiger partial charge on any atom is -1.00 e. The average molecular weight is 325 g/mol. The first-order chi connectivity index (χ1) is 10.3. The summed E-state index contributed by atoms with van der Waals surface area (Å²) in [7, 11) is 0. The van der Waals surface area contributed by atoms with E-state index in [0.29, 0.717) is 6.42 Å². The molecule has 0 radical (unpaired) electrons. The Hall–Kier alpha value is 0.236. The molecule has 0 spiro atoms. The fourth-order valence-electron chi connectivity index (χ4n) is 2.82. The summed E-state index contributed by atoms with van der Waals surface area (Å²) in [5.41, 5.74) is 0. The molecular weight excluding hydrogens is 285 g/mol. The fourth-order valence-corrected chi connectivity index (χ4v) is 2.82. The third-order valence-electron chi connectivity index (χ3n) is 4.24. The van der Waals surface area contributed by atoms with Gasteiger partial charge in [0.2, 0.25) is 0 Å². The summed E-state index contributed by atoms with van der Waals surface area (Å²) in [5, 5.41) is 8.53. The predicted octanol–water partition coefficient (Wildman–Crippen LogP) is 6.57. The maximum absolute atomic E-state index is 10.3. The zero-order valence-corrected chi connectivity index (χ0v) is 16.5. The molecule has 0 aliphatic carbocycles. The van der Waals surface area contributed by atoms with E-state index in [1.165, 1.54) is 89.9 Å². The summed E-state index contributed by atoms with van der Waals surface area (Å²) in [5.74, 6) is -0.652. The van der Waals surface area contributed by atoms with Gasteiger partial charge in [0.25, 0.3) is 0 Å². The van der Waals surface area contributed by atoms with Gasteiger partial charge >= 0.3 is 29.0 Å². The molecule has 0 fully saturated rings. The molecule has 0 aromatic heterocycles. The van der Waals surface area contributed by atoms with Gasteiger partial charge in [0, 0.05) is 6.42 Å². The van der Waals surface area contributed by atoms with Crippen molar-refractivity contribution in [3.05, 3.63) is 0 Å². The Morgan fingerprint density at radius 3 is 1.18 bits per heavy atom. The van der Waals surface area contributed by atoms with Crippen molar-refractivity contribution in [2.45, 2.75) is 116 Å². The molecule has 0 saturated carbocycles. The van der Waals surface area contributed by atoms with Crippen LogP contribution in [0.25, 0.3) is 0 Å². The van der Waals surface area contributed by atoms with E-state index in [-0.39, 0.29) is 25.9 Å². The average Bonchev–Trinajstić information content (AvgIpc) is 2.46. The molecule has 0 amide bonds.